The van der Waals surface area contributed by atoms with Gasteiger partial charge >= 0.3 is 0 Å². The van der Waals surface area contributed by atoms with E-state index in [9.17, 15) is 9.59 Å². The summed E-state index contributed by atoms with van der Waals surface area (Å²) >= 11 is 0. The Kier molecular flexibility index (Phi) is 3.12. The van der Waals surface area contributed by atoms with Crippen LogP contribution >= 0.6 is 0 Å². The topological polar surface area (TPSA) is 67.2 Å². The van der Waals surface area contributed by atoms with E-state index in [4.69, 9.17) is 0 Å². The van der Waals surface area contributed by atoms with Crippen LogP contribution in [0.3, 0.4) is 0 Å². The van der Waals surface area contributed by atoms with Crippen molar-refractivity contribution in [2.75, 3.05) is 5.32 Å². The number of rotatable bonds is 2. The van der Waals surface area contributed by atoms with Crippen LogP contribution in [0.25, 0.3) is 0 Å². The third-order valence-electron chi connectivity index (χ3n) is 3.60. The molecule has 0 atom stereocenters. The minimum Gasteiger partial charge on any atom is -0.328 e. The molecule has 0 bridgehead atoms. The molecule has 0 aromatic carbocycles. The molecule has 0 unspecified atom stereocenters. The maximum absolute atomic E-state index is 11.7. The average molecular weight is 264 g/mol. The summed E-state index contributed by atoms with van der Waals surface area (Å²) in [5.74, 6) is 0.595. The SMILES string of the molecule is CCn1nc2c(c1NC(C)=O)CN(C(C)=O)C2(C)C. The van der Waals surface area contributed by atoms with Crippen molar-refractivity contribution in [1.29, 1.82) is 0 Å². The van der Waals surface area contributed by atoms with Crippen LogP contribution in [0.2, 0.25) is 0 Å². The van der Waals surface area contributed by atoms with Crippen LogP contribution in [-0.4, -0.2) is 26.5 Å². The summed E-state index contributed by atoms with van der Waals surface area (Å²) in [5.41, 5.74) is 1.37. The minimum absolute atomic E-state index is 0.0137. The summed E-state index contributed by atoms with van der Waals surface area (Å²) in [6, 6.07) is 0. The van der Waals surface area contributed by atoms with Gasteiger partial charge in [-0.2, -0.15) is 5.10 Å². The number of nitrogens with zero attached hydrogens (tertiary/aromatic N) is 3. The van der Waals surface area contributed by atoms with Crippen molar-refractivity contribution in [3.8, 4) is 0 Å². The molecule has 6 nitrogen and oxygen atoms in total. The van der Waals surface area contributed by atoms with Crippen LogP contribution in [0.1, 0.15) is 45.9 Å². The predicted molar refractivity (Wildman–Crippen MR) is 71.5 cm³/mol. The number of anilines is 1. The van der Waals surface area contributed by atoms with E-state index in [1.54, 1.807) is 16.5 Å². The molecule has 1 aromatic heterocycles. The van der Waals surface area contributed by atoms with Crippen LogP contribution in [0.4, 0.5) is 5.82 Å². The molecule has 2 amide bonds. The van der Waals surface area contributed by atoms with Gasteiger partial charge in [0.05, 0.1) is 17.8 Å². The third-order valence-corrected chi connectivity index (χ3v) is 3.60. The van der Waals surface area contributed by atoms with Crippen molar-refractivity contribution >= 4 is 17.6 Å². The number of fused-ring (bicyclic) bond motifs is 1. The molecule has 0 saturated carbocycles. The van der Waals surface area contributed by atoms with E-state index >= 15 is 0 Å². The van der Waals surface area contributed by atoms with Gasteiger partial charge in [0.15, 0.2) is 0 Å². The highest BCUT2D eigenvalue weighted by molar-refractivity contribution is 5.89. The second-order valence-corrected chi connectivity index (χ2v) is 5.34. The van der Waals surface area contributed by atoms with Gasteiger partial charge in [-0.15, -0.1) is 0 Å². The number of hydrogen-bond donors (Lipinski definition) is 1. The van der Waals surface area contributed by atoms with Crippen LogP contribution in [-0.2, 0) is 28.2 Å². The van der Waals surface area contributed by atoms with Gasteiger partial charge in [-0.25, -0.2) is 4.68 Å². The molecule has 1 aliphatic rings. The Morgan fingerprint density at radius 3 is 2.47 bits per heavy atom. The second-order valence-electron chi connectivity index (χ2n) is 5.34. The lowest BCUT2D eigenvalue weighted by atomic mass is 10.0. The molecule has 6 heteroatoms. The van der Waals surface area contributed by atoms with E-state index in [1.807, 2.05) is 20.8 Å². The first-order chi connectivity index (χ1) is 8.78. The van der Waals surface area contributed by atoms with Gasteiger partial charge in [-0.3, -0.25) is 9.59 Å². The Bertz CT molecular complexity index is 545. The summed E-state index contributed by atoms with van der Waals surface area (Å²) in [6.45, 7) is 10.1. The lowest BCUT2D eigenvalue weighted by Crippen LogP contribution is -2.39. The van der Waals surface area contributed by atoms with E-state index < -0.39 is 5.54 Å². The molecule has 0 spiro atoms. The molecule has 0 radical (unpaired) electrons. The van der Waals surface area contributed by atoms with Crippen LogP contribution in [0.5, 0.6) is 0 Å². The number of carbonyl (C=O) groups is 2. The van der Waals surface area contributed by atoms with Crippen molar-refractivity contribution in [1.82, 2.24) is 14.7 Å². The standard InChI is InChI=1S/C13H20N4O2/c1-6-17-12(14-8(2)18)10-7-16(9(3)19)13(4,5)11(10)15-17/h6-7H2,1-5H3,(H,14,18). The third kappa shape index (κ3) is 2.01. The Morgan fingerprint density at radius 2 is 2.00 bits per heavy atom. The van der Waals surface area contributed by atoms with Gasteiger partial charge in [-0.05, 0) is 20.8 Å². The van der Waals surface area contributed by atoms with Crippen molar-refractivity contribution in [3.63, 3.8) is 0 Å². The molecule has 2 rings (SSSR count). The monoisotopic (exact) mass is 264 g/mol. The fraction of sp³-hybridized carbons (Fsp3) is 0.615. The summed E-state index contributed by atoms with van der Waals surface area (Å²) in [7, 11) is 0. The van der Waals surface area contributed by atoms with Crippen molar-refractivity contribution in [2.45, 2.75) is 53.2 Å². The van der Waals surface area contributed by atoms with E-state index in [2.05, 4.69) is 10.4 Å². The smallest absolute Gasteiger partial charge is 0.222 e. The quantitative estimate of drug-likeness (QED) is 0.879. The summed E-state index contributed by atoms with van der Waals surface area (Å²) < 4.78 is 1.78. The largest absolute Gasteiger partial charge is 0.328 e. The zero-order valence-corrected chi connectivity index (χ0v) is 12.1. The number of hydrogen-bond acceptors (Lipinski definition) is 3. The fourth-order valence-electron chi connectivity index (χ4n) is 2.66. The zero-order valence-electron chi connectivity index (χ0n) is 12.1. The Morgan fingerprint density at radius 1 is 1.37 bits per heavy atom. The van der Waals surface area contributed by atoms with E-state index in [-0.39, 0.29) is 11.8 Å². The van der Waals surface area contributed by atoms with Crippen LogP contribution in [0.15, 0.2) is 0 Å². The second kappa shape index (κ2) is 4.36. The van der Waals surface area contributed by atoms with Crippen molar-refractivity contribution in [2.24, 2.45) is 0 Å². The van der Waals surface area contributed by atoms with Gasteiger partial charge in [0, 0.05) is 26.0 Å². The van der Waals surface area contributed by atoms with E-state index in [1.165, 1.54) is 6.92 Å². The zero-order chi connectivity index (χ0) is 14.4. The highest BCUT2D eigenvalue weighted by Gasteiger charge is 2.43. The minimum atomic E-state index is -0.436. The molecule has 1 aliphatic heterocycles. The van der Waals surface area contributed by atoms with Crippen LogP contribution in [0, 0.1) is 0 Å². The summed E-state index contributed by atoms with van der Waals surface area (Å²) in [4.78, 5) is 24.8. The van der Waals surface area contributed by atoms with Gasteiger partial charge in [0.2, 0.25) is 11.8 Å². The molecule has 2 heterocycles. The lowest BCUT2D eigenvalue weighted by molar-refractivity contribution is -0.134. The normalized spacial score (nSPS) is 16.4. The number of aromatic nitrogens is 2. The fourth-order valence-corrected chi connectivity index (χ4v) is 2.66. The molecule has 104 valence electrons. The number of amides is 2. The average Bonchev–Trinajstić information content (AvgIpc) is 2.75. The highest BCUT2D eigenvalue weighted by atomic mass is 16.2. The Hall–Kier alpha value is -1.85. The lowest BCUT2D eigenvalue weighted by Gasteiger charge is -2.30. The van der Waals surface area contributed by atoms with Crippen molar-refractivity contribution < 1.29 is 9.59 Å². The number of carbonyl (C=O) groups excluding carboxylic acids is 2. The van der Waals surface area contributed by atoms with Gasteiger partial charge in [-0.1, -0.05) is 0 Å². The van der Waals surface area contributed by atoms with E-state index in [0.29, 0.717) is 18.9 Å². The molecule has 19 heavy (non-hydrogen) atoms. The molecular weight excluding hydrogens is 244 g/mol. The summed E-state index contributed by atoms with van der Waals surface area (Å²) in [6.07, 6.45) is 0. The first kappa shape index (κ1) is 13.6. The van der Waals surface area contributed by atoms with E-state index in [0.717, 1.165) is 11.3 Å². The first-order valence-electron chi connectivity index (χ1n) is 6.45. The highest BCUT2D eigenvalue weighted by Crippen LogP contribution is 2.41. The molecule has 1 N–H and O–H groups in total. The maximum Gasteiger partial charge on any atom is 0.222 e. The predicted octanol–water partition coefficient (Wildman–Crippen LogP) is 1.46. The first-order valence-corrected chi connectivity index (χ1v) is 6.45. The maximum atomic E-state index is 11.7. The Balaban J connectivity index is 2.52. The molecule has 0 fully saturated rings. The molecule has 0 aliphatic carbocycles. The molecule has 1 aromatic rings. The molecule has 0 saturated heterocycles. The van der Waals surface area contributed by atoms with Gasteiger partial charge in [0.25, 0.3) is 0 Å². The van der Waals surface area contributed by atoms with Gasteiger partial charge < -0.3 is 10.2 Å². The van der Waals surface area contributed by atoms with Crippen LogP contribution < -0.4 is 5.32 Å². The summed E-state index contributed by atoms with van der Waals surface area (Å²) in [5, 5.41) is 7.38. The van der Waals surface area contributed by atoms with Gasteiger partial charge in [0.1, 0.15) is 5.82 Å². The number of aryl methyl sites for hydroxylation is 1. The van der Waals surface area contributed by atoms with Crippen molar-refractivity contribution in [3.05, 3.63) is 11.3 Å². The number of nitrogens with one attached hydrogen (secondary N) is 1. The molecular formula is C13H20N4O2. The Labute approximate surface area is 112 Å².